The highest BCUT2D eigenvalue weighted by atomic mass is 35.5. The standard InChI is InChI=1S/C23H22ClF3N4O3/c1-11(20-19(34-23(26)27)4-3-18(25)21(20)24)16-7-29-22-15(16)5-13(6-28-22)17-8-30-31(12(17)2)9-14(33)10-32/h3-8,11,14,23,32-33H,9-10H2,1-2H3,(H,28,29)/t11-,14-/m0/s1. The molecule has 7 nitrogen and oxygen atoms in total. The first kappa shape index (κ1) is 24.1. The predicted molar refractivity (Wildman–Crippen MR) is 121 cm³/mol. The van der Waals surface area contributed by atoms with Crippen LogP contribution in [0.15, 0.2) is 36.8 Å². The number of alkyl halides is 2. The van der Waals surface area contributed by atoms with Crippen LogP contribution in [0.4, 0.5) is 13.2 Å². The molecule has 3 aromatic heterocycles. The van der Waals surface area contributed by atoms with Gasteiger partial charge in [0.15, 0.2) is 0 Å². The molecule has 1 aromatic carbocycles. The summed E-state index contributed by atoms with van der Waals surface area (Å²) in [6, 6.07) is 3.98. The van der Waals surface area contributed by atoms with Crippen molar-refractivity contribution in [3.8, 4) is 16.9 Å². The van der Waals surface area contributed by atoms with Crippen LogP contribution in [0, 0.1) is 12.7 Å². The smallest absolute Gasteiger partial charge is 0.387 e. The number of benzene rings is 1. The normalized spacial score (nSPS) is 13.6. The molecule has 3 heterocycles. The number of fused-ring (bicyclic) bond motifs is 1. The summed E-state index contributed by atoms with van der Waals surface area (Å²) in [7, 11) is 0. The van der Waals surface area contributed by atoms with Gasteiger partial charge in [0.2, 0.25) is 0 Å². The van der Waals surface area contributed by atoms with E-state index in [0.717, 1.165) is 29.0 Å². The molecule has 0 amide bonds. The van der Waals surface area contributed by atoms with Crippen molar-refractivity contribution in [1.82, 2.24) is 19.7 Å². The minimum absolute atomic E-state index is 0.107. The van der Waals surface area contributed by atoms with Crippen molar-refractivity contribution in [2.24, 2.45) is 0 Å². The summed E-state index contributed by atoms with van der Waals surface area (Å²) in [6.07, 6.45) is 4.03. The van der Waals surface area contributed by atoms with Gasteiger partial charge in [-0.25, -0.2) is 9.37 Å². The lowest BCUT2D eigenvalue weighted by Gasteiger charge is -2.18. The van der Waals surface area contributed by atoms with Gasteiger partial charge in [-0.05, 0) is 30.7 Å². The van der Waals surface area contributed by atoms with Gasteiger partial charge in [-0.2, -0.15) is 13.9 Å². The minimum atomic E-state index is -3.09. The Morgan fingerprint density at radius 1 is 1.26 bits per heavy atom. The molecule has 34 heavy (non-hydrogen) atoms. The number of aliphatic hydroxyl groups is 2. The van der Waals surface area contributed by atoms with Crippen molar-refractivity contribution in [2.45, 2.75) is 39.0 Å². The van der Waals surface area contributed by atoms with E-state index in [2.05, 4.69) is 19.8 Å². The maximum atomic E-state index is 14.2. The van der Waals surface area contributed by atoms with Crippen molar-refractivity contribution >= 4 is 22.6 Å². The molecule has 2 atom stereocenters. The summed E-state index contributed by atoms with van der Waals surface area (Å²) < 4.78 is 46.3. The van der Waals surface area contributed by atoms with E-state index in [4.69, 9.17) is 16.7 Å². The number of H-pyrrole nitrogens is 1. The number of rotatable bonds is 8. The third-order valence-electron chi connectivity index (χ3n) is 5.78. The summed E-state index contributed by atoms with van der Waals surface area (Å²) in [5, 5.41) is 23.5. The highest BCUT2D eigenvalue weighted by Crippen LogP contribution is 2.41. The Hall–Kier alpha value is -3.08. The fourth-order valence-electron chi connectivity index (χ4n) is 4.01. The topological polar surface area (TPSA) is 96.2 Å². The van der Waals surface area contributed by atoms with Gasteiger partial charge in [-0.15, -0.1) is 0 Å². The lowest BCUT2D eigenvalue weighted by molar-refractivity contribution is -0.0505. The van der Waals surface area contributed by atoms with E-state index in [9.17, 15) is 18.3 Å². The number of hydrogen-bond donors (Lipinski definition) is 3. The van der Waals surface area contributed by atoms with E-state index >= 15 is 0 Å². The van der Waals surface area contributed by atoms with Crippen LogP contribution in [-0.2, 0) is 6.54 Å². The molecule has 0 saturated carbocycles. The second-order valence-electron chi connectivity index (χ2n) is 7.90. The van der Waals surface area contributed by atoms with Gasteiger partial charge in [0.05, 0.1) is 30.5 Å². The van der Waals surface area contributed by atoms with Gasteiger partial charge in [-0.3, -0.25) is 4.68 Å². The zero-order valence-corrected chi connectivity index (χ0v) is 19.0. The SMILES string of the molecule is Cc1c(-c2cnc3[nH]cc([C@H](C)c4c(OC(F)F)ccc(F)c4Cl)c3c2)cnn1C[C@H](O)CO. The Kier molecular flexibility index (Phi) is 6.83. The monoisotopic (exact) mass is 494 g/mol. The van der Waals surface area contributed by atoms with Crippen molar-refractivity contribution in [1.29, 1.82) is 0 Å². The third-order valence-corrected chi connectivity index (χ3v) is 6.16. The number of aliphatic hydroxyl groups excluding tert-OH is 2. The molecule has 0 fully saturated rings. The number of aromatic amines is 1. The Morgan fingerprint density at radius 3 is 2.74 bits per heavy atom. The molecular weight excluding hydrogens is 473 g/mol. The summed E-state index contributed by atoms with van der Waals surface area (Å²) >= 11 is 6.17. The maximum Gasteiger partial charge on any atom is 0.387 e. The largest absolute Gasteiger partial charge is 0.434 e. The van der Waals surface area contributed by atoms with E-state index in [-0.39, 0.29) is 29.5 Å². The molecule has 4 rings (SSSR count). The predicted octanol–water partition coefficient (Wildman–Crippen LogP) is 4.63. The Bertz CT molecular complexity index is 1320. The zero-order chi connectivity index (χ0) is 24.6. The molecule has 0 aliphatic rings. The number of ether oxygens (including phenoxy) is 1. The maximum absolute atomic E-state index is 14.2. The first-order valence-corrected chi connectivity index (χ1v) is 10.8. The van der Waals surface area contributed by atoms with Crippen molar-refractivity contribution in [2.75, 3.05) is 6.61 Å². The van der Waals surface area contributed by atoms with Crippen LogP contribution >= 0.6 is 11.6 Å². The second-order valence-corrected chi connectivity index (χ2v) is 8.28. The molecular formula is C23H22ClF3N4O3. The van der Waals surface area contributed by atoms with E-state index in [1.165, 1.54) is 0 Å². The molecule has 3 N–H and O–H groups in total. The van der Waals surface area contributed by atoms with E-state index in [0.29, 0.717) is 16.6 Å². The van der Waals surface area contributed by atoms with Crippen LogP contribution in [0.25, 0.3) is 22.2 Å². The molecule has 4 aromatic rings. The number of pyridine rings is 1. The lowest BCUT2D eigenvalue weighted by Crippen LogP contribution is -2.21. The fourth-order valence-corrected chi connectivity index (χ4v) is 4.33. The average molecular weight is 495 g/mol. The van der Waals surface area contributed by atoms with Crippen LogP contribution in [0.5, 0.6) is 5.75 Å². The molecule has 180 valence electrons. The first-order chi connectivity index (χ1) is 16.2. The van der Waals surface area contributed by atoms with Crippen LogP contribution < -0.4 is 4.74 Å². The fraction of sp³-hybridized carbons (Fsp3) is 0.304. The number of nitrogens with zero attached hydrogens (tertiary/aromatic N) is 3. The van der Waals surface area contributed by atoms with Crippen molar-refractivity contribution < 1.29 is 28.1 Å². The lowest BCUT2D eigenvalue weighted by atomic mass is 9.91. The molecule has 11 heteroatoms. The van der Waals surface area contributed by atoms with Gasteiger partial charge < -0.3 is 19.9 Å². The number of aromatic nitrogens is 4. The van der Waals surface area contributed by atoms with Crippen LogP contribution in [0.3, 0.4) is 0 Å². The van der Waals surface area contributed by atoms with Gasteiger partial charge in [0.25, 0.3) is 0 Å². The summed E-state index contributed by atoms with van der Waals surface area (Å²) in [4.78, 5) is 7.50. The minimum Gasteiger partial charge on any atom is -0.434 e. The van der Waals surface area contributed by atoms with Crippen LogP contribution in [0.1, 0.15) is 29.7 Å². The highest BCUT2D eigenvalue weighted by molar-refractivity contribution is 6.31. The summed E-state index contributed by atoms with van der Waals surface area (Å²) in [5.74, 6) is -1.55. The van der Waals surface area contributed by atoms with Crippen molar-refractivity contribution in [3.63, 3.8) is 0 Å². The van der Waals surface area contributed by atoms with Crippen molar-refractivity contribution in [3.05, 3.63) is 64.5 Å². The Balaban J connectivity index is 1.77. The molecule has 0 unspecified atom stereocenters. The first-order valence-electron chi connectivity index (χ1n) is 10.4. The molecule has 0 spiro atoms. The van der Waals surface area contributed by atoms with Crippen LogP contribution in [0.2, 0.25) is 5.02 Å². The molecule has 0 radical (unpaired) electrons. The van der Waals surface area contributed by atoms with E-state index in [1.54, 1.807) is 30.2 Å². The molecule has 0 aliphatic heterocycles. The highest BCUT2D eigenvalue weighted by Gasteiger charge is 2.25. The van der Waals surface area contributed by atoms with E-state index in [1.807, 2.05) is 13.0 Å². The quantitative estimate of drug-likeness (QED) is 0.332. The zero-order valence-electron chi connectivity index (χ0n) is 18.3. The van der Waals surface area contributed by atoms with Gasteiger partial charge in [-0.1, -0.05) is 18.5 Å². The summed E-state index contributed by atoms with van der Waals surface area (Å²) in [5.41, 5.74) is 3.59. The second kappa shape index (κ2) is 9.65. The third kappa shape index (κ3) is 4.48. The van der Waals surface area contributed by atoms with Gasteiger partial charge in [0.1, 0.15) is 17.2 Å². The summed E-state index contributed by atoms with van der Waals surface area (Å²) in [6.45, 7) is 0.209. The molecule has 0 saturated heterocycles. The van der Waals surface area contributed by atoms with Gasteiger partial charge in [0, 0.05) is 46.1 Å². The average Bonchev–Trinajstić information content (AvgIpc) is 3.38. The number of halogens is 4. The van der Waals surface area contributed by atoms with Gasteiger partial charge >= 0.3 is 6.61 Å². The number of hydrogen-bond acceptors (Lipinski definition) is 5. The Labute approximate surface area is 197 Å². The number of nitrogens with one attached hydrogen (secondary N) is 1. The molecule has 0 bridgehead atoms. The van der Waals surface area contributed by atoms with Crippen LogP contribution in [-0.4, -0.2) is 49.3 Å². The molecule has 0 aliphatic carbocycles. The Morgan fingerprint density at radius 2 is 2.03 bits per heavy atom. The van der Waals surface area contributed by atoms with E-state index < -0.39 is 24.5 Å².